The fourth-order valence-electron chi connectivity index (χ4n) is 3.10. The number of imide groups is 1. The van der Waals surface area contributed by atoms with E-state index >= 15 is 0 Å². The van der Waals surface area contributed by atoms with Gasteiger partial charge >= 0.3 is 6.03 Å². The van der Waals surface area contributed by atoms with E-state index in [9.17, 15) is 9.59 Å². The van der Waals surface area contributed by atoms with Gasteiger partial charge in [-0.15, -0.1) is 10.2 Å². The van der Waals surface area contributed by atoms with Crippen LogP contribution in [0.5, 0.6) is 0 Å². The van der Waals surface area contributed by atoms with Crippen LogP contribution in [0.3, 0.4) is 0 Å². The van der Waals surface area contributed by atoms with E-state index in [4.69, 9.17) is 4.98 Å². The average Bonchev–Trinajstić information content (AvgIpc) is 3.19. The van der Waals surface area contributed by atoms with Crippen LogP contribution in [0.1, 0.15) is 11.1 Å². The lowest BCUT2D eigenvalue weighted by Crippen LogP contribution is -2.35. The quantitative estimate of drug-likeness (QED) is 0.637. The van der Waals surface area contributed by atoms with Gasteiger partial charge in [0.15, 0.2) is 0 Å². The Bertz CT molecular complexity index is 1080. The Morgan fingerprint density at radius 2 is 1.57 bits per heavy atom. The summed E-state index contributed by atoms with van der Waals surface area (Å²) in [4.78, 5) is 29.9. The highest BCUT2D eigenvalue weighted by atomic mass is 32.2. The van der Waals surface area contributed by atoms with E-state index in [0.29, 0.717) is 29.6 Å². The summed E-state index contributed by atoms with van der Waals surface area (Å²) < 4.78 is 0. The molecule has 0 atom stereocenters. The number of carbonyl (C=O) groups is 2. The molecule has 152 valence electrons. The first-order valence-electron chi connectivity index (χ1n) is 9.61. The van der Waals surface area contributed by atoms with Crippen molar-refractivity contribution in [1.29, 1.82) is 0 Å². The van der Waals surface area contributed by atoms with Gasteiger partial charge in [-0.2, -0.15) is 0 Å². The molecular weight excluding hydrogens is 398 g/mol. The second-order valence-electron chi connectivity index (χ2n) is 7.09. The molecule has 0 bridgehead atoms. The maximum absolute atomic E-state index is 12.3. The summed E-state index contributed by atoms with van der Waals surface area (Å²) in [7, 11) is 0. The van der Waals surface area contributed by atoms with Gasteiger partial charge in [0.2, 0.25) is 11.1 Å². The number of benzene rings is 2. The van der Waals surface area contributed by atoms with E-state index in [-0.39, 0.29) is 17.7 Å². The highest BCUT2D eigenvalue weighted by Crippen LogP contribution is 2.30. The Morgan fingerprint density at radius 1 is 0.967 bits per heavy atom. The maximum atomic E-state index is 12.3. The molecule has 1 aromatic heterocycles. The van der Waals surface area contributed by atoms with E-state index in [1.807, 2.05) is 62.4 Å². The van der Waals surface area contributed by atoms with Crippen LogP contribution in [-0.2, 0) is 4.79 Å². The third kappa shape index (κ3) is 4.33. The van der Waals surface area contributed by atoms with E-state index in [1.54, 1.807) is 0 Å². The Kier molecular flexibility index (Phi) is 5.76. The number of nitrogens with one attached hydrogen (secondary N) is 1. The summed E-state index contributed by atoms with van der Waals surface area (Å²) in [6.45, 7) is 4.94. The Balaban J connectivity index is 1.63. The minimum absolute atomic E-state index is 0.0757. The Morgan fingerprint density at radius 3 is 2.13 bits per heavy atom. The van der Waals surface area contributed by atoms with Crippen LogP contribution in [-0.4, -0.2) is 50.9 Å². The van der Waals surface area contributed by atoms with Gasteiger partial charge in [-0.3, -0.25) is 9.69 Å². The number of rotatable bonds is 5. The van der Waals surface area contributed by atoms with Gasteiger partial charge in [0.05, 0.1) is 5.75 Å². The van der Waals surface area contributed by atoms with Crippen molar-refractivity contribution in [1.82, 2.24) is 25.4 Å². The summed E-state index contributed by atoms with van der Waals surface area (Å²) in [5.74, 6) is -0.190. The zero-order valence-electron chi connectivity index (χ0n) is 16.8. The molecule has 1 fully saturated rings. The first-order chi connectivity index (χ1) is 14.5. The van der Waals surface area contributed by atoms with Crippen molar-refractivity contribution in [3.63, 3.8) is 0 Å². The molecule has 0 unspecified atom stereocenters. The van der Waals surface area contributed by atoms with Crippen LogP contribution >= 0.6 is 11.8 Å². The number of hydrogen-bond acceptors (Lipinski definition) is 6. The summed E-state index contributed by atoms with van der Waals surface area (Å²) in [5, 5.41) is 11.7. The zero-order valence-corrected chi connectivity index (χ0v) is 17.6. The smallest absolute Gasteiger partial charge is 0.324 e. The zero-order chi connectivity index (χ0) is 21.1. The Hall–Kier alpha value is -3.26. The number of nitrogens with zero attached hydrogens (tertiary/aromatic N) is 4. The van der Waals surface area contributed by atoms with E-state index in [2.05, 4.69) is 15.5 Å². The third-order valence-corrected chi connectivity index (χ3v) is 5.62. The van der Waals surface area contributed by atoms with E-state index in [0.717, 1.165) is 22.3 Å². The first-order valence-corrected chi connectivity index (χ1v) is 10.6. The number of carbonyl (C=O) groups excluding carboxylic acids is 2. The molecule has 1 aliphatic heterocycles. The number of thioether (sulfide) groups is 1. The van der Waals surface area contributed by atoms with E-state index in [1.165, 1.54) is 16.7 Å². The predicted octanol–water partition coefficient (Wildman–Crippen LogP) is 3.47. The molecule has 0 aliphatic carbocycles. The summed E-state index contributed by atoms with van der Waals surface area (Å²) in [6, 6.07) is 15.8. The molecule has 2 aromatic carbocycles. The van der Waals surface area contributed by atoms with Gasteiger partial charge in [0, 0.05) is 24.2 Å². The summed E-state index contributed by atoms with van der Waals surface area (Å²) in [6.07, 6.45) is 0. The molecule has 0 radical (unpaired) electrons. The molecule has 1 saturated heterocycles. The second-order valence-corrected chi connectivity index (χ2v) is 8.03. The van der Waals surface area contributed by atoms with Gasteiger partial charge in [-0.25, -0.2) is 9.78 Å². The molecule has 30 heavy (non-hydrogen) atoms. The van der Waals surface area contributed by atoms with Gasteiger partial charge in [0.1, 0.15) is 11.4 Å². The SMILES string of the molecule is Cc1ccc(-c2nnc(SCC(=O)N3CCNC3=O)nc2-c2ccc(C)cc2)cc1. The number of urea groups is 1. The van der Waals surface area contributed by atoms with Gasteiger partial charge < -0.3 is 5.32 Å². The highest BCUT2D eigenvalue weighted by Gasteiger charge is 2.26. The molecule has 3 aromatic rings. The van der Waals surface area contributed by atoms with Crippen molar-refractivity contribution in [3.8, 4) is 22.5 Å². The molecule has 8 heteroatoms. The monoisotopic (exact) mass is 419 g/mol. The molecule has 4 rings (SSSR count). The van der Waals surface area contributed by atoms with Gasteiger partial charge in [0.25, 0.3) is 0 Å². The fraction of sp³-hybridized carbons (Fsp3) is 0.227. The molecular formula is C22H21N5O2S. The molecule has 3 amide bonds. The molecule has 1 aliphatic rings. The lowest BCUT2D eigenvalue weighted by Gasteiger charge is -2.12. The predicted molar refractivity (Wildman–Crippen MR) is 116 cm³/mol. The van der Waals surface area contributed by atoms with Crippen LogP contribution in [0.15, 0.2) is 53.7 Å². The topological polar surface area (TPSA) is 88.1 Å². The molecule has 2 heterocycles. The standard InChI is InChI=1S/C22H21N5O2S/c1-14-3-7-16(8-4-14)19-20(17-9-5-15(2)6-10-17)25-26-21(24-19)30-13-18(28)27-12-11-23-22(27)29/h3-10H,11-13H2,1-2H3,(H,23,29). The second kappa shape index (κ2) is 8.62. The van der Waals surface area contributed by atoms with Crippen LogP contribution in [0.4, 0.5) is 4.79 Å². The summed E-state index contributed by atoms with van der Waals surface area (Å²) in [5.41, 5.74) is 5.57. The van der Waals surface area contributed by atoms with Crippen LogP contribution in [0.25, 0.3) is 22.5 Å². The van der Waals surface area contributed by atoms with Crippen molar-refractivity contribution in [2.75, 3.05) is 18.8 Å². The lowest BCUT2D eigenvalue weighted by molar-refractivity contribution is -0.124. The van der Waals surface area contributed by atoms with Crippen molar-refractivity contribution in [3.05, 3.63) is 59.7 Å². The van der Waals surface area contributed by atoms with Crippen molar-refractivity contribution in [2.24, 2.45) is 0 Å². The van der Waals surface area contributed by atoms with Crippen LogP contribution in [0.2, 0.25) is 0 Å². The first kappa shape index (κ1) is 20.0. The lowest BCUT2D eigenvalue weighted by atomic mass is 10.0. The van der Waals surface area contributed by atoms with Crippen molar-refractivity contribution in [2.45, 2.75) is 19.0 Å². The average molecular weight is 420 g/mol. The normalized spacial score (nSPS) is 13.4. The third-order valence-electron chi connectivity index (χ3n) is 4.80. The highest BCUT2D eigenvalue weighted by molar-refractivity contribution is 7.99. The number of amides is 3. The number of aryl methyl sites for hydroxylation is 2. The maximum Gasteiger partial charge on any atom is 0.324 e. The minimum atomic E-state index is -0.352. The van der Waals surface area contributed by atoms with E-state index < -0.39 is 0 Å². The van der Waals surface area contributed by atoms with Crippen LogP contribution < -0.4 is 5.32 Å². The molecule has 0 saturated carbocycles. The van der Waals surface area contributed by atoms with Crippen molar-refractivity contribution < 1.29 is 9.59 Å². The largest absolute Gasteiger partial charge is 0.336 e. The van der Waals surface area contributed by atoms with Crippen molar-refractivity contribution >= 4 is 23.7 Å². The molecule has 7 nitrogen and oxygen atoms in total. The molecule has 0 spiro atoms. The minimum Gasteiger partial charge on any atom is -0.336 e. The molecule has 1 N–H and O–H groups in total. The fourth-order valence-corrected chi connectivity index (χ4v) is 3.77. The summed E-state index contributed by atoms with van der Waals surface area (Å²) >= 11 is 1.18. The van der Waals surface area contributed by atoms with Crippen LogP contribution in [0, 0.1) is 13.8 Å². The number of hydrogen-bond donors (Lipinski definition) is 1. The van der Waals surface area contributed by atoms with Gasteiger partial charge in [-0.1, -0.05) is 71.4 Å². The number of aromatic nitrogens is 3. The van der Waals surface area contributed by atoms with Gasteiger partial charge in [-0.05, 0) is 13.8 Å². The Labute approximate surface area is 178 Å².